The largest absolute Gasteiger partial charge is 0.477 e. The molecule has 0 saturated carbocycles. The molecule has 7 nitrogen and oxygen atoms in total. The molecule has 25 heavy (non-hydrogen) atoms. The monoisotopic (exact) mass is 363 g/mol. The van der Waals surface area contributed by atoms with E-state index in [0.717, 1.165) is 0 Å². The van der Waals surface area contributed by atoms with Crippen LogP contribution in [-0.2, 0) is 9.53 Å². The van der Waals surface area contributed by atoms with E-state index in [9.17, 15) is 14.7 Å². The molecule has 0 aliphatic heterocycles. The summed E-state index contributed by atoms with van der Waals surface area (Å²) in [5.74, 6) is -1.64. The van der Waals surface area contributed by atoms with Crippen LogP contribution in [0.25, 0.3) is 5.69 Å². The Balaban J connectivity index is 2.38. The SMILES string of the molecule is CSc1cc(C(=O)O)n(-c2cccc(C(N)C(=O)OC(C)(C)C)c2)n1. The number of carbonyl (C=O) groups excluding carboxylic acids is 1. The number of ether oxygens (including phenoxy) is 1. The lowest BCUT2D eigenvalue weighted by Gasteiger charge is -2.22. The summed E-state index contributed by atoms with van der Waals surface area (Å²) in [4.78, 5) is 23.6. The number of thioether (sulfide) groups is 1. The number of benzene rings is 1. The summed E-state index contributed by atoms with van der Waals surface area (Å²) in [5, 5.41) is 14.2. The van der Waals surface area contributed by atoms with Gasteiger partial charge in [-0.1, -0.05) is 12.1 Å². The van der Waals surface area contributed by atoms with Gasteiger partial charge in [0.05, 0.1) is 5.69 Å². The minimum absolute atomic E-state index is 0.0346. The zero-order chi connectivity index (χ0) is 18.8. The van der Waals surface area contributed by atoms with Crippen LogP contribution in [0, 0.1) is 0 Å². The molecule has 0 saturated heterocycles. The second-order valence-electron chi connectivity index (χ2n) is 6.40. The number of hydrogen-bond acceptors (Lipinski definition) is 6. The Morgan fingerprint density at radius 2 is 2.00 bits per heavy atom. The lowest BCUT2D eigenvalue weighted by Crippen LogP contribution is -2.31. The molecule has 8 heteroatoms. The second-order valence-corrected chi connectivity index (χ2v) is 7.22. The number of aromatic nitrogens is 2. The van der Waals surface area contributed by atoms with E-state index in [-0.39, 0.29) is 5.69 Å². The van der Waals surface area contributed by atoms with E-state index in [1.54, 1.807) is 45.0 Å². The first-order chi connectivity index (χ1) is 11.6. The van der Waals surface area contributed by atoms with Gasteiger partial charge in [-0.15, -0.1) is 11.8 Å². The molecule has 2 rings (SSSR count). The van der Waals surface area contributed by atoms with Crippen molar-refractivity contribution < 1.29 is 19.4 Å². The fourth-order valence-corrected chi connectivity index (χ4v) is 2.55. The highest BCUT2D eigenvalue weighted by Gasteiger charge is 2.24. The van der Waals surface area contributed by atoms with E-state index in [2.05, 4.69) is 5.10 Å². The molecular formula is C17H21N3O4S. The standard InChI is InChI=1S/C17H21N3O4S/c1-17(2,3)24-16(23)14(18)10-6-5-7-11(8-10)20-12(15(21)22)9-13(19-20)25-4/h5-9,14H,18H2,1-4H3,(H,21,22). The fourth-order valence-electron chi connectivity index (χ4n) is 2.16. The molecule has 0 spiro atoms. The van der Waals surface area contributed by atoms with Crippen molar-refractivity contribution in [1.29, 1.82) is 0 Å². The van der Waals surface area contributed by atoms with Gasteiger partial charge in [0.1, 0.15) is 16.7 Å². The zero-order valence-corrected chi connectivity index (χ0v) is 15.3. The first-order valence-electron chi connectivity index (χ1n) is 7.58. The van der Waals surface area contributed by atoms with Gasteiger partial charge in [0.2, 0.25) is 0 Å². The van der Waals surface area contributed by atoms with Crippen LogP contribution in [0.2, 0.25) is 0 Å². The maximum atomic E-state index is 12.2. The third-order valence-electron chi connectivity index (χ3n) is 3.25. The van der Waals surface area contributed by atoms with Crippen molar-refractivity contribution in [3.8, 4) is 5.69 Å². The third kappa shape index (κ3) is 4.61. The number of carboxylic acid groups (broad SMARTS) is 1. The van der Waals surface area contributed by atoms with Crippen LogP contribution in [0.15, 0.2) is 35.4 Å². The molecule has 1 atom stereocenters. The number of esters is 1. The van der Waals surface area contributed by atoms with Crippen LogP contribution in [0.5, 0.6) is 0 Å². The van der Waals surface area contributed by atoms with Gasteiger partial charge in [0, 0.05) is 6.07 Å². The summed E-state index contributed by atoms with van der Waals surface area (Å²) < 4.78 is 6.62. The first kappa shape index (κ1) is 19.0. The van der Waals surface area contributed by atoms with Gasteiger partial charge in [-0.2, -0.15) is 5.10 Å². The molecule has 1 unspecified atom stereocenters. The Bertz CT molecular complexity index is 795. The lowest BCUT2D eigenvalue weighted by molar-refractivity contribution is -0.156. The molecule has 0 aliphatic rings. The average Bonchev–Trinajstić information content (AvgIpc) is 2.97. The van der Waals surface area contributed by atoms with E-state index >= 15 is 0 Å². The third-order valence-corrected chi connectivity index (χ3v) is 3.87. The highest BCUT2D eigenvalue weighted by atomic mass is 32.2. The highest BCUT2D eigenvalue weighted by molar-refractivity contribution is 7.98. The molecule has 134 valence electrons. The smallest absolute Gasteiger partial charge is 0.354 e. The van der Waals surface area contributed by atoms with Crippen molar-refractivity contribution in [3.05, 3.63) is 41.6 Å². The van der Waals surface area contributed by atoms with Gasteiger partial charge in [-0.3, -0.25) is 0 Å². The molecule has 1 aromatic carbocycles. The molecule has 1 aromatic heterocycles. The van der Waals surface area contributed by atoms with E-state index in [1.165, 1.54) is 22.5 Å². The molecule has 2 aromatic rings. The van der Waals surface area contributed by atoms with E-state index < -0.39 is 23.6 Å². The number of hydrogen-bond donors (Lipinski definition) is 2. The molecule has 0 amide bonds. The summed E-state index contributed by atoms with van der Waals surface area (Å²) >= 11 is 1.34. The minimum atomic E-state index is -1.09. The second kappa shape index (κ2) is 7.28. The topological polar surface area (TPSA) is 107 Å². The van der Waals surface area contributed by atoms with Crippen molar-refractivity contribution in [1.82, 2.24) is 9.78 Å². The van der Waals surface area contributed by atoms with Gasteiger partial charge >= 0.3 is 11.9 Å². The summed E-state index contributed by atoms with van der Waals surface area (Å²) in [6.07, 6.45) is 1.81. The van der Waals surface area contributed by atoms with Gasteiger partial charge in [0.25, 0.3) is 0 Å². The van der Waals surface area contributed by atoms with Crippen molar-refractivity contribution in [3.63, 3.8) is 0 Å². The number of rotatable bonds is 5. The predicted octanol–water partition coefficient (Wildman–Crippen LogP) is 2.63. The van der Waals surface area contributed by atoms with Crippen molar-refractivity contribution in [2.75, 3.05) is 6.26 Å². The molecule has 0 fully saturated rings. The first-order valence-corrected chi connectivity index (χ1v) is 8.81. The quantitative estimate of drug-likeness (QED) is 0.621. The molecule has 1 heterocycles. The van der Waals surface area contributed by atoms with Gasteiger partial charge < -0.3 is 15.6 Å². The number of carbonyl (C=O) groups is 2. The van der Waals surface area contributed by atoms with Crippen molar-refractivity contribution in [2.45, 2.75) is 37.4 Å². The normalized spacial score (nSPS) is 12.7. The summed E-state index contributed by atoms with van der Waals surface area (Å²) in [6.45, 7) is 5.29. The zero-order valence-electron chi connectivity index (χ0n) is 14.5. The highest BCUT2D eigenvalue weighted by Crippen LogP contribution is 2.22. The Morgan fingerprint density at radius 1 is 1.32 bits per heavy atom. The van der Waals surface area contributed by atoms with Crippen LogP contribution in [0.3, 0.4) is 0 Å². The van der Waals surface area contributed by atoms with E-state index in [4.69, 9.17) is 10.5 Å². The van der Waals surface area contributed by atoms with Gasteiger partial charge in [0.15, 0.2) is 5.69 Å². The van der Waals surface area contributed by atoms with Crippen molar-refractivity contribution >= 4 is 23.7 Å². The van der Waals surface area contributed by atoms with Crippen LogP contribution < -0.4 is 5.73 Å². The van der Waals surface area contributed by atoms with Crippen molar-refractivity contribution in [2.24, 2.45) is 5.73 Å². The van der Waals surface area contributed by atoms with E-state index in [0.29, 0.717) is 16.3 Å². The number of aromatic carboxylic acids is 1. The van der Waals surface area contributed by atoms with Gasteiger partial charge in [-0.05, 0) is 44.7 Å². The van der Waals surface area contributed by atoms with Crippen LogP contribution in [0.1, 0.15) is 42.9 Å². The summed E-state index contributed by atoms with van der Waals surface area (Å²) in [6, 6.07) is 7.25. The number of carboxylic acids is 1. The summed E-state index contributed by atoms with van der Waals surface area (Å²) in [5.41, 5.74) is 6.42. The van der Waals surface area contributed by atoms with Gasteiger partial charge in [-0.25, -0.2) is 14.3 Å². The molecule has 0 bridgehead atoms. The molecule has 3 N–H and O–H groups in total. The predicted molar refractivity (Wildman–Crippen MR) is 95.1 cm³/mol. The van der Waals surface area contributed by atoms with Crippen LogP contribution in [0.4, 0.5) is 0 Å². The minimum Gasteiger partial charge on any atom is -0.477 e. The summed E-state index contributed by atoms with van der Waals surface area (Å²) in [7, 11) is 0. The van der Waals surface area contributed by atoms with Crippen LogP contribution in [-0.4, -0.2) is 38.7 Å². The maximum absolute atomic E-state index is 12.2. The molecule has 0 aliphatic carbocycles. The fraction of sp³-hybridized carbons (Fsp3) is 0.353. The van der Waals surface area contributed by atoms with E-state index in [1.807, 2.05) is 6.26 Å². The Kier molecular flexibility index (Phi) is 5.54. The molecular weight excluding hydrogens is 342 g/mol. The molecule has 0 radical (unpaired) electrons. The maximum Gasteiger partial charge on any atom is 0.354 e. The average molecular weight is 363 g/mol. The Hall–Kier alpha value is -2.32. The lowest BCUT2D eigenvalue weighted by atomic mass is 10.1. The van der Waals surface area contributed by atoms with Crippen LogP contribution >= 0.6 is 11.8 Å². The number of nitrogens with two attached hydrogens (primary N) is 1. The Labute approximate surface area is 150 Å². The number of nitrogens with zero attached hydrogens (tertiary/aromatic N) is 2. The Morgan fingerprint density at radius 3 is 2.56 bits per heavy atom.